The van der Waals surface area contributed by atoms with Gasteiger partial charge in [-0.15, -0.1) is 0 Å². The minimum atomic E-state index is -0.310. The summed E-state index contributed by atoms with van der Waals surface area (Å²) in [6, 6.07) is 6.08. The summed E-state index contributed by atoms with van der Waals surface area (Å²) in [5.74, 6) is 1.87. The zero-order valence-electron chi connectivity index (χ0n) is 10.0. The Bertz CT molecular complexity index is 628. The molecule has 3 rings (SSSR count). The molecule has 1 fully saturated rings. The molecule has 0 unspecified atom stereocenters. The number of nitrogens with one attached hydrogen (secondary N) is 1. The Labute approximate surface area is 118 Å². The van der Waals surface area contributed by atoms with E-state index >= 15 is 0 Å². The minimum Gasteiger partial charge on any atom is -0.384 e. The van der Waals surface area contributed by atoms with Gasteiger partial charge < -0.3 is 11.1 Å². The number of anilines is 3. The molecule has 0 bridgehead atoms. The Kier molecular flexibility index (Phi) is 3.10. The molecular weight excluding hydrogens is 311 g/mol. The van der Waals surface area contributed by atoms with Crippen LogP contribution in [0.3, 0.4) is 0 Å². The molecule has 0 radical (unpaired) electrons. The van der Waals surface area contributed by atoms with E-state index in [1.807, 2.05) is 0 Å². The van der Waals surface area contributed by atoms with Gasteiger partial charge in [0.2, 0.25) is 0 Å². The molecule has 0 amide bonds. The van der Waals surface area contributed by atoms with Crippen LogP contribution in [0.15, 0.2) is 28.7 Å². The maximum absolute atomic E-state index is 13.2. The topological polar surface area (TPSA) is 63.8 Å². The molecule has 2 aromatic rings. The number of benzene rings is 1. The van der Waals surface area contributed by atoms with E-state index in [9.17, 15) is 4.39 Å². The molecule has 0 saturated heterocycles. The summed E-state index contributed by atoms with van der Waals surface area (Å²) in [5, 5.41) is 3.06. The van der Waals surface area contributed by atoms with Crippen molar-refractivity contribution < 1.29 is 4.39 Å². The molecule has 1 saturated carbocycles. The Morgan fingerprint density at radius 2 is 2.05 bits per heavy atom. The number of nitrogen functional groups attached to an aromatic ring is 1. The highest BCUT2D eigenvalue weighted by Crippen LogP contribution is 2.39. The van der Waals surface area contributed by atoms with Gasteiger partial charge in [-0.3, -0.25) is 0 Å². The van der Waals surface area contributed by atoms with E-state index in [0.717, 1.165) is 23.1 Å². The Morgan fingerprint density at radius 3 is 2.79 bits per heavy atom. The van der Waals surface area contributed by atoms with E-state index in [1.54, 1.807) is 12.1 Å². The maximum Gasteiger partial charge on any atom is 0.136 e. The van der Waals surface area contributed by atoms with Crippen molar-refractivity contribution in [1.29, 1.82) is 0 Å². The van der Waals surface area contributed by atoms with Crippen LogP contribution in [-0.2, 0) is 0 Å². The molecule has 1 aromatic carbocycles. The van der Waals surface area contributed by atoms with E-state index in [0.29, 0.717) is 23.2 Å². The lowest BCUT2D eigenvalue weighted by Crippen LogP contribution is -2.03. The van der Waals surface area contributed by atoms with Gasteiger partial charge in [-0.1, -0.05) is 0 Å². The third-order valence-corrected chi connectivity index (χ3v) is 3.59. The molecule has 19 heavy (non-hydrogen) atoms. The van der Waals surface area contributed by atoms with Gasteiger partial charge >= 0.3 is 0 Å². The summed E-state index contributed by atoms with van der Waals surface area (Å²) in [4.78, 5) is 8.63. The molecule has 0 spiro atoms. The van der Waals surface area contributed by atoms with E-state index in [2.05, 4.69) is 31.2 Å². The summed E-state index contributed by atoms with van der Waals surface area (Å²) in [6.45, 7) is 0. The van der Waals surface area contributed by atoms with E-state index in [1.165, 1.54) is 12.1 Å². The number of aromatic nitrogens is 2. The van der Waals surface area contributed by atoms with Crippen LogP contribution in [0.4, 0.5) is 21.7 Å². The summed E-state index contributed by atoms with van der Waals surface area (Å²) < 4.78 is 14.0. The van der Waals surface area contributed by atoms with Crippen molar-refractivity contribution in [1.82, 2.24) is 9.97 Å². The highest BCUT2D eigenvalue weighted by atomic mass is 79.9. The standard InChI is InChI=1S/C13H12BrFN4/c14-9-4-3-8(15)5-10(9)17-12-6-11(16)18-13(19-12)7-1-2-7/h3-7H,1-2H2,(H3,16,17,18,19). The average Bonchev–Trinajstić information content (AvgIpc) is 3.17. The van der Waals surface area contributed by atoms with Crippen molar-refractivity contribution in [3.8, 4) is 0 Å². The number of nitrogens with zero attached hydrogens (tertiary/aromatic N) is 2. The van der Waals surface area contributed by atoms with Gasteiger partial charge in [0.25, 0.3) is 0 Å². The smallest absolute Gasteiger partial charge is 0.136 e. The predicted octanol–water partition coefficient (Wildman–Crippen LogP) is 3.58. The van der Waals surface area contributed by atoms with Crippen molar-refractivity contribution in [2.75, 3.05) is 11.1 Å². The third-order valence-electron chi connectivity index (χ3n) is 2.90. The lowest BCUT2D eigenvalue weighted by molar-refractivity contribution is 0.628. The minimum absolute atomic E-state index is 0.310. The highest BCUT2D eigenvalue weighted by molar-refractivity contribution is 9.10. The molecule has 4 nitrogen and oxygen atoms in total. The summed E-state index contributed by atoms with van der Waals surface area (Å²) in [7, 11) is 0. The first-order valence-electron chi connectivity index (χ1n) is 5.98. The Hall–Kier alpha value is -1.69. The largest absolute Gasteiger partial charge is 0.384 e. The lowest BCUT2D eigenvalue weighted by Gasteiger charge is -2.09. The first-order valence-corrected chi connectivity index (χ1v) is 6.77. The molecule has 0 atom stereocenters. The van der Waals surface area contributed by atoms with Crippen LogP contribution < -0.4 is 11.1 Å². The number of hydrogen-bond donors (Lipinski definition) is 2. The summed E-state index contributed by atoms with van der Waals surface area (Å²) in [5.41, 5.74) is 6.38. The number of rotatable bonds is 3. The predicted molar refractivity (Wildman–Crippen MR) is 75.8 cm³/mol. The highest BCUT2D eigenvalue weighted by Gasteiger charge is 2.27. The molecule has 1 aromatic heterocycles. The number of nitrogens with two attached hydrogens (primary N) is 1. The van der Waals surface area contributed by atoms with Gasteiger partial charge in [0.1, 0.15) is 23.3 Å². The fourth-order valence-electron chi connectivity index (χ4n) is 1.80. The summed E-state index contributed by atoms with van der Waals surface area (Å²) in [6.07, 6.45) is 2.21. The van der Waals surface area contributed by atoms with Gasteiger partial charge in [0.15, 0.2) is 0 Å². The SMILES string of the molecule is Nc1cc(Nc2cc(F)ccc2Br)nc(C2CC2)n1. The van der Waals surface area contributed by atoms with Gasteiger partial charge in [-0.05, 0) is 47.0 Å². The van der Waals surface area contributed by atoms with Gasteiger partial charge in [0.05, 0.1) is 5.69 Å². The second-order valence-corrected chi connectivity index (χ2v) is 5.41. The normalized spacial score (nSPS) is 14.4. The fourth-order valence-corrected chi connectivity index (χ4v) is 2.15. The van der Waals surface area contributed by atoms with Crippen molar-refractivity contribution in [2.45, 2.75) is 18.8 Å². The first-order chi connectivity index (χ1) is 9.11. The molecule has 0 aliphatic heterocycles. The second-order valence-electron chi connectivity index (χ2n) is 4.56. The Morgan fingerprint density at radius 1 is 1.26 bits per heavy atom. The molecule has 98 valence electrons. The monoisotopic (exact) mass is 322 g/mol. The van der Waals surface area contributed by atoms with Crippen LogP contribution in [0, 0.1) is 5.82 Å². The number of halogens is 2. The van der Waals surface area contributed by atoms with Gasteiger partial charge in [-0.2, -0.15) is 0 Å². The van der Waals surface area contributed by atoms with E-state index in [-0.39, 0.29) is 5.82 Å². The van der Waals surface area contributed by atoms with Crippen LogP contribution in [0.1, 0.15) is 24.6 Å². The quantitative estimate of drug-likeness (QED) is 0.906. The van der Waals surface area contributed by atoms with Crippen LogP contribution in [0.5, 0.6) is 0 Å². The molecule has 1 aliphatic carbocycles. The molecule has 1 aliphatic rings. The van der Waals surface area contributed by atoms with Gasteiger partial charge in [-0.25, -0.2) is 14.4 Å². The molecule has 6 heteroatoms. The van der Waals surface area contributed by atoms with Crippen molar-refractivity contribution in [2.24, 2.45) is 0 Å². The second kappa shape index (κ2) is 4.77. The average molecular weight is 323 g/mol. The van der Waals surface area contributed by atoms with Crippen molar-refractivity contribution >= 4 is 33.3 Å². The summed E-state index contributed by atoms with van der Waals surface area (Å²) >= 11 is 3.36. The lowest BCUT2D eigenvalue weighted by atomic mass is 10.3. The Balaban J connectivity index is 1.92. The van der Waals surface area contributed by atoms with Crippen molar-refractivity contribution in [3.63, 3.8) is 0 Å². The molecule has 3 N–H and O–H groups in total. The first kappa shape index (κ1) is 12.3. The van der Waals surface area contributed by atoms with Crippen LogP contribution in [0.25, 0.3) is 0 Å². The van der Waals surface area contributed by atoms with E-state index < -0.39 is 0 Å². The van der Waals surface area contributed by atoms with Crippen molar-refractivity contribution in [3.05, 3.63) is 40.4 Å². The van der Waals surface area contributed by atoms with Crippen LogP contribution in [-0.4, -0.2) is 9.97 Å². The molecular formula is C13H12BrFN4. The zero-order valence-corrected chi connectivity index (χ0v) is 11.6. The third kappa shape index (κ3) is 2.84. The van der Waals surface area contributed by atoms with Crippen LogP contribution >= 0.6 is 15.9 Å². The number of hydrogen-bond acceptors (Lipinski definition) is 4. The zero-order chi connectivity index (χ0) is 13.4. The maximum atomic E-state index is 13.2. The van der Waals surface area contributed by atoms with E-state index in [4.69, 9.17) is 5.73 Å². The van der Waals surface area contributed by atoms with Crippen LogP contribution in [0.2, 0.25) is 0 Å². The fraction of sp³-hybridized carbons (Fsp3) is 0.231. The molecule has 1 heterocycles. The van der Waals surface area contributed by atoms with Gasteiger partial charge in [0, 0.05) is 16.5 Å².